The number of fused-ring (bicyclic) bond motifs is 1. The molecule has 2 aromatic carbocycles. The van der Waals surface area contributed by atoms with Crippen molar-refractivity contribution in [2.45, 2.75) is 0 Å². The summed E-state index contributed by atoms with van der Waals surface area (Å²) in [5.74, 6) is 0.824. The van der Waals surface area contributed by atoms with Crippen LogP contribution in [0.2, 0.25) is 5.02 Å². The number of halogens is 1. The smallest absolute Gasteiger partial charge is 0.229 e. The average molecular weight is 424 g/mol. The van der Waals surface area contributed by atoms with Crippen molar-refractivity contribution >= 4 is 58.1 Å². The second kappa shape index (κ2) is 7.82. The molecule has 2 aromatic heterocycles. The van der Waals surface area contributed by atoms with Crippen LogP contribution in [-0.4, -0.2) is 28.3 Å². The molecule has 29 heavy (non-hydrogen) atoms. The van der Waals surface area contributed by atoms with Crippen LogP contribution < -0.4 is 15.9 Å². The lowest BCUT2D eigenvalue weighted by atomic mass is 10.2. The molecule has 0 aliphatic heterocycles. The van der Waals surface area contributed by atoms with E-state index < -0.39 is 7.14 Å². The van der Waals surface area contributed by atoms with Gasteiger partial charge in [0.2, 0.25) is 5.95 Å². The van der Waals surface area contributed by atoms with E-state index in [1.165, 1.54) is 6.20 Å². The molecule has 6 nitrogen and oxygen atoms in total. The zero-order chi connectivity index (χ0) is 20.4. The molecule has 0 aliphatic rings. The number of nitrogens with one attached hydrogen (secondary N) is 2. The summed E-state index contributed by atoms with van der Waals surface area (Å²) in [6.45, 7) is 3.47. The molecule has 0 aliphatic carbocycles. The average Bonchev–Trinajstić information content (AvgIpc) is 2.70. The van der Waals surface area contributed by atoms with Crippen molar-refractivity contribution in [2.24, 2.45) is 0 Å². The Labute approximate surface area is 173 Å². The topological polar surface area (TPSA) is 79.8 Å². The Balaban J connectivity index is 1.68. The number of rotatable bonds is 5. The first-order valence-electron chi connectivity index (χ1n) is 8.97. The van der Waals surface area contributed by atoms with Gasteiger partial charge in [-0.25, -0.2) is 4.98 Å². The van der Waals surface area contributed by atoms with Crippen LogP contribution in [0.4, 0.5) is 23.1 Å². The lowest BCUT2D eigenvalue weighted by molar-refractivity contribution is 0.588. The number of para-hydroxylation sites is 1. The van der Waals surface area contributed by atoms with Crippen LogP contribution in [0.25, 0.3) is 10.9 Å². The third kappa shape index (κ3) is 4.24. The van der Waals surface area contributed by atoms with E-state index in [2.05, 4.69) is 25.6 Å². The number of anilines is 4. The monoisotopic (exact) mass is 423 g/mol. The number of aromatic nitrogens is 3. The van der Waals surface area contributed by atoms with Crippen LogP contribution in [0.15, 0.2) is 67.0 Å². The van der Waals surface area contributed by atoms with Gasteiger partial charge in [0.05, 0.1) is 23.1 Å². The van der Waals surface area contributed by atoms with Crippen molar-refractivity contribution in [1.82, 2.24) is 15.0 Å². The fraction of sp³-hybridized carbons (Fsp3) is 0.0952. The Kier molecular flexibility index (Phi) is 5.22. The Morgan fingerprint density at radius 1 is 0.897 bits per heavy atom. The summed E-state index contributed by atoms with van der Waals surface area (Å²) < 4.78 is 12.6. The van der Waals surface area contributed by atoms with Crippen LogP contribution in [-0.2, 0) is 4.57 Å². The van der Waals surface area contributed by atoms with Crippen LogP contribution >= 0.6 is 18.7 Å². The van der Waals surface area contributed by atoms with Gasteiger partial charge in [-0.05, 0) is 49.7 Å². The van der Waals surface area contributed by atoms with Gasteiger partial charge in [0.15, 0.2) is 5.82 Å². The van der Waals surface area contributed by atoms with Crippen molar-refractivity contribution in [3.8, 4) is 0 Å². The minimum atomic E-state index is -2.47. The van der Waals surface area contributed by atoms with Crippen LogP contribution in [0.1, 0.15) is 0 Å². The zero-order valence-electron chi connectivity index (χ0n) is 15.9. The normalized spacial score (nSPS) is 11.4. The maximum atomic E-state index is 12.6. The van der Waals surface area contributed by atoms with E-state index in [0.29, 0.717) is 22.5 Å². The molecule has 2 N–H and O–H groups in total. The van der Waals surface area contributed by atoms with Gasteiger partial charge in [-0.2, -0.15) is 4.98 Å². The van der Waals surface area contributed by atoms with E-state index in [1.807, 2.05) is 54.6 Å². The van der Waals surface area contributed by atoms with E-state index in [1.54, 1.807) is 19.5 Å². The minimum absolute atomic E-state index is 0.368. The molecule has 0 bridgehead atoms. The first kappa shape index (κ1) is 19.4. The Bertz CT molecular complexity index is 1240. The molecule has 0 saturated carbocycles. The third-order valence-electron chi connectivity index (χ3n) is 4.37. The molecule has 0 fully saturated rings. The fourth-order valence-corrected chi connectivity index (χ4v) is 4.32. The Morgan fingerprint density at radius 2 is 1.69 bits per heavy atom. The second-order valence-electron chi connectivity index (χ2n) is 6.88. The molecule has 0 saturated heterocycles. The molecule has 2 heterocycles. The van der Waals surface area contributed by atoms with Crippen molar-refractivity contribution in [2.75, 3.05) is 24.0 Å². The Morgan fingerprint density at radius 3 is 2.52 bits per heavy atom. The molecule has 0 atom stereocenters. The van der Waals surface area contributed by atoms with Gasteiger partial charge in [-0.1, -0.05) is 29.8 Å². The standard InChI is InChI=1S/C21H19ClN5OP/c1-29(2,28)19-11-4-3-8-18(19)25-20-15(22)13-24-21(27-20)26-17-10-5-9-16-14(17)7-6-12-23-16/h3-13H,1-2H3,(H2,24,25,26,27). The SMILES string of the molecule is CP(C)(=O)c1ccccc1Nc1nc(Nc2cccc3ncccc23)ncc1Cl. The van der Waals surface area contributed by atoms with Gasteiger partial charge >= 0.3 is 0 Å². The Hall–Kier alpha value is -2.95. The van der Waals surface area contributed by atoms with E-state index in [-0.39, 0.29) is 0 Å². The van der Waals surface area contributed by atoms with Crippen molar-refractivity contribution in [1.29, 1.82) is 0 Å². The lowest BCUT2D eigenvalue weighted by Crippen LogP contribution is -2.11. The summed E-state index contributed by atoms with van der Waals surface area (Å²) in [5.41, 5.74) is 2.43. The van der Waals surface area contributed by atoms with E-state index in [0.717, 1.165) is 21.9 Å². The maximum Gasteiger partial charge on any atom is 0.229 e. The molecular weight excluding hydrogens is 405 g/mol. The third-order valence-corrected chi connectivity index (χ3v) is 6.20. The van der Waals surface area contributed by atoms with Gasteiger partial charge in [0.25, 0.3) is 0 Å². The highest BCUT2D eigenvalue weighted by Gasteiger charge is 2.17. The van der Waals surface area contributed by atoms with Crippen LogP contribution in [0, 0.1) is 0 Å². The summed E-state index contributed by atoms with van der Waals surface area (Å²) >= 11 is 6.32. The summed E-state index contributed by atoms with van der Waals surface area (Å²) in [7, 11) is -2.47. The van der Waals surface area contributed by atoms with E-state index in [9.17, 15) is 4.57 Å². The summed E-state index contributed by atoms with van der Waals surface area (Å²) in [4.78, 5) is 13.2. The van der Waals surface area contributed by atoms with Crippen molar-refractivity contribution in [3.63, 3.8) is 0 Å². The molecule has 4 rings (SSSR count). The molecule has 146 valence electrons. The molecule has 0 amide bonds. The maximum absolute atomic E-state index is 12.6. The summed E-state index contributed by atoms with van der Waals surface area (Å²) in [5, 5.41) is 8.50. The molecule has 0 radical (unpaired) electrons. The molecular formula is C21H19ClN5OP. The zero-order valence-corrected chi connectivity index (χ0v) is 17.6. The van der Waals surface area contributed by atoms with E-state index in [4.69, 9.17) is 11.6 Å². The number of nitrogens with zero attached hydrogens (tertiary/aromatic N) is 3. The van der Waals surface area contributed by atoms with Gasteiger partial charge in [0, 0.05) is 16.9 Å². The van der Waals surface area contributed by atoms with E-state index >= 15 is 0 Å². The molecule has 0 spiro atoms. The predicted octanol–water partition coefficient (Wildman–Crippen LogP) is 5.41. The van der Waals surface area contributed by atoms with Gasteiger partial charge in [-0.3, -0.25) is 4.98 Å². The molecule has 4 aromatic rings. The number of hydrogen-bond donors (Lipinski definition) is 2. The van der Waals surface area contributed by atoms with Crippen LogP contribution in [0.5, 0.6) is 0 Å². The quantitative estimate of drug-likeness (QED) is 0.417. The number of hydrogen-bond acceptors (Lipinski definition) is 6. The largest absolute Gasteiger partial charge is 0.338 e. The number of pyridine rings is 1. The molecule has 8 heteroatoms. The van der Waals surface area contributed by atoms with Gasteiger partial charge < -0.3 is 15.2 Å². The first-order valence-corrected chi connectivity index (χ1v) is 11.9. The first-order chi connectivity index (χ1) is 13.9. The predicted molar refractivity (Wildman–Crippen MR) is 121 cm³/mol. The number of benzene rings is 2. The lowest BCUT2D eigenvalue weighted by Gasteiger charge is -2.16. The van der Waals surface area contributed by atoms with Crippen LogP contribution in [0.3, 0.4) is 0 Å². The molecule has 0 unspecified atom stereocenters. The van der Waals surface area contributed by atoms with Gasteiger partial charge in [0.1, 0.15) is 12.2 Å². The minimum Gasteiger partial charge on any atom is -0.338 e. The summed E-state index contributed by atoms with van der Waals surface area (Å²) in [6.07, 6.45) is 3.28. The highest BCUT2D eigenvalue weighted by atomic mass is 35.5. The summed E-state index contributed by atoms with van der Waals surface area (Å²) in [6, 6.07) is 17.1. The fourth-order valence-electron chi connectivity index (χ4n) is 3.02. The highest BCUT2D eigenvalue weighted by molar-refractivity contribution is 7.70. The second-order valence-corrected chi connectivity index (χ2v) is 10.5. The van der Waals surface area contributed by atoms with Crippen molar-refractivity contribution in [3.05, 3.63) is 72.0 Å². The van der Waals surface area contributed by atoms with Gasteiger partial charge in [-0.15, -0.1) is 0 Å². The highest BCUT2D eigenvalue weighted by Crippen LogP contribution is 2.38. The van der Waals surface area contributed by atoms with Crippen molar-refractivity contribution < 1.29 is 4.57 Å².